The molecule has 2 aromatic carbocycles. The number of likely N-dealkylation sites (N-methyl/N-ethyl adjacent to an activating group) is 1. The molecule has 4 aromatic rings. The molecule has 0 spiro atoms. The average Bonchev–Trinajstić information content (AvgIpc) is 3.50. The third-order valence-corrected chi connectivity index (χ3v) is 8.45. The van der Waals surface area contributed by atoms with Gasteiger partial charge in [-0.25, -0.2) is 18.6 Å². The van der Waals surface area contributed by atoms with Crippen molar-refractivity contribution in [2.75, 3.05) is 74.4 Å². The number of ether oxygens (including phenoxy) is 3. The minimum absolute atomic E-state index is 0.0248. The fraction of sp³-hybridized carbons (Fsp3) is 0.351. The van der Waals surface area contributed by atoms with Gasteiger partial charge in [0.25, 0.3) is 0 Å². The fourth-order valence-electron chi connectivity index (χ4n) is 5.75. The molecule has 2 aromatic heterocycles. The van der Waals surface area contributed by atoms with Crippen LogP contribution in [0.25, 0.3) is 11.0 Å². The Bertz CT molecular complexity index is 1990. The van der Waals surface area contributed by atoms with Gasteiger partial charge in [0.15, 0.2) is 34.5 Å². The number of amides is 2. The first kappa shape index (κ1) is 37.6. The smallest absolute Gasteiger partial charge is 0.414 e. The molecule has 3 heterocycles. The van der Waals surface area contributed by atoms with Gasteiger partial charge in [-0.2, -0.15) is 0 Å². The first-order chi connectivity index (χ1) is 24.7. The lowest BCUT2D eigenvalue weighted by molar-refractivity contribution is -0.111. The number of halogens is 2. The Kier molecular flexibility index (Phi) is 11.0. The first-order valence-electron chi connectivity index (χ1n) is 16.5. The summed E-state index contributed by atoms with van der Waals surface area (Å²) in [6.07, 6.45) is 1.58. The summed E-state index contributed by atoms with van der Waals surface area (Å²) in [4.78, 5) is 49.9. The summed E-state index contributed by atoms with van der Waals surface area (Å²) in [5, 5.41) is 6.22. The van der Waals surface area contributed by atoms with E-state index < -0.39 is 57.8 Å². The summed E-state index contributed by atoms with van der Waals surface area (Å²) >= 11 is 0. The van der Waals surface area contributed by atoms with Gasteiger partial charge in [-0.05, 0) is 57.7 Å². The van der Waals surface area contributed by atoms with E-state index in [1.54, 1.807) is 26.8 Å². The van der Waals surface area contributed by atoms with Gasteiger partial charge in [-0.1, -0.05) is 13.5 Å². The van der Waals surface area contributed by atoms with Crippen LogP contribution in [0.15, 0.2) is 53.6 Å². The number of aromatic nitrogens is 1. The number of carbonyl (C=O) groups is 3. The minimum atomic E-state index is -1.29. The average molecular weight is 721 g/mol. The summed E-state index contributed by atoms with van der Waals surface area (Å²) in [6, 6.07) is 8.05. The Morgan fingerprint density at radius 3 is 2.25 bits per heavy atom. The summed E-state index contributed by atoms with van der Waals surface area (Å²) in [6.45, 7) is 15.1. The standard InChI is InChI=1S/C37H42F2N6O7/c1-9-29(46)42-24-17-21(45-15-13-44(10-2)14-16-45)11-12-23(24)41-28-18-22-27(20-40-28)51-35(33(22)43(6)36(48)52-37(3,4)5)34(47)30-31(38)25(49-7)19-26(50-8)32(30)39/h9,11-12,17-20H,1,10,13-16H2,2-8H3,(H,40,41)(H,42,46). The number of furan rings is 1. The zero-order valence-electron chi connectivity index (χ0n) is 30.2. The highest BCUT2D eigenvalue weighted by atomic mass is 19.1. The van der Waals surface area contributed by atoms with Gasteiger partial charge >= 0.3 is 6.09 Å². The van der Waals surface area contributed by atoms with Crippen LogP contribution in [0.2, 0.25) is 0 Å². The van der Waals surface area contributed by atoms with Gasteiger partial charge in [-0.3, -0.25) is 14.5 Å². The van der Waals surface area contributed by atoms with E-state index >= 15 is 8.78 Å². The second-order valence-electron chi connectivity index (χ2n) is 13.0. The van der Waals surface area contributed by atoms with Gasteiger partial charge in [-0.15, -0.1) is 0 Å². The van der Waals surface area contributed by atoms with E-state index in [-0.39, 0.29) is 22.5 Å². The molecular weight excluding hydrogens is 678 g/mol. The zero-order chi connectivity index (χ0) is 37.9. The van der Waals surface area contributed by atoms with Crippen molar-refractivity contribution in [2.45, 2.75) is 33.3 Å². The van der Waals surface area contributed by atoms with Crippen molar-refractivity contribution in [1.82, 2.24) is 9.88 Å². The maximum atomic E-state index is 15.5. The molecule has 52 heavy (non-hydrogen) atoms. The minimum Gasteiger partial charge on any atom is -0.494 e. The Morgan fingerprint density at radius 1 is 1.02 bits per heavy atom. The van der Waals surface area contributed by atoms with Gasteiger partial charge in [0.05, 0.1) is 37.2 Å². The first-order valence-corrected chi connectivity index (χ1v) is 16.5. The van der Waals surface area contributed by atoms with E-state index in [0.29, 0.717) is 11.4 Å². The van der Waals surface area contributed by atoms with Gasteiger partial charge in [0.2, 0.25) is 11.7 Å². The molecule has 13 nitrogen and oxygen atoms in total. The molecule has 1 fully saturated rings. The number of methoxy groups -OCH3 is 2. The topological polar surface area (TPSA) is 139 Å². The largest absolute Gasteiger partial charge is 0.494 e. The summed E-state index contributed by atoms with van der Waals surface area (Å²) in [7, 11) is 3.65. The Morgan fingerprint density at radius 2 is 1.67 bits per heavy atom. The van der Waals surface area contributed by atoms with Gasteiger partial charge in [0, 0.05) is 45.0 Å². The number of carbonyl (C=O) groups excluding carboxylic acids is 3. The predicted molar refractivity (Wildman–Crippen MR) is 194 cm³/mol. The quantitative estimate of drug-likeness (QED) is 0.126. The molecule has 2 N–H and O–H groups in total. The molecular formula is C37H42F2N6O7. The van der Waals surface area contributed by atoms with Crippen molar-refractivity contribution >= 4 is 57.3 Å². The van der Waals surface area contributed by atoms with E-state index in [4.69, 9.17) is 18.6 Å². The van der Waals surface area contributed by atoms with Crippen LogP contribution in [0.1, 0.15) is 43.8 Å². The number of ketones is 1. The highest BCUT2D eigenvalue weighted by Crippen LogP contribution is 2.40. The predicted octanol–water partition coefficient (Wildman–Crippen LogP) is 6.74. The van der Waals surface area contributed by atoms with E-state index in [1.165, 1.54) is 19.3 Å². The van der Waals surface area contributed by atoms with Crippen LogP contribution in [0.3, 0.4) is 0 Å². The number of piperazine rings is 1. The number of hydrogen-bond donors (Lipinski definition) is 2. The molecule has 0 aliphatic carbocycles. The van der Waals surface area contributed by atoms with E-state index in [1.807, 2.05) is 12.1 Å². The Balaban J connectivity index is 1.61. The van der Waals surface area contributed by atoms with Crippen LogP contribution in [-0.2, 0) is 9.53 Å². The molecule has 0 saturated carbocycles. The van der Waals surface area contributed by atoms with Crippen molar-refractivity contribution in [1.29, 1.82) is 0 Å². The molecule has 0 radical (unpaired) electrons. The highest BCUT2D eigenvalue weighted by Gasteiger charge is 2.35. The van der Waals surface area contributed by atoms with Crippen LogP contribution in [0, 0.1) is 11.6 Å². The molecule has 0 atom stereocenters. The molecule has 2 amide bonds. The molecule has 0 bridgehead atoms. The van der Waals surface area contributed by atoms with Crippen molar-refractivity contribution in [2.24, 2.45) is 0 Å². The highest BCUT2D eigenvalue weighted by molar-refractivity contribution is 6.18. The summed E-state index contributed by atoms with van der Waals surface area (Å²) in [5.74, 6) is -5.46. The van der Waals surface area contributed by atoms with Crippen LogP contribution >= 0.6 is 0 Å². The second-order valence-corrected chi connectivity index (χ2v) is 13.0. The third-order valence-electron chi connectivity index (χ3n) is 8.45. The molecule has 15 heteroatoms. The molecule has 1 aliphatic heterocycles. The van der Waals surface area contributed by atoms with Crippen LogP contribution < -0.4 is 29.9 Å². The lowest BCUT2D eigenvalue weighted by atomic mass is 10.0. The third kappa shape index (κ3) is 7.78. The number of anilines is 5. The number of rotatable bonds is 11. The monoisotopic (exact) mass is 720 g/mol. The maximum absolute atomic E-state index is 15.5. The van der Waals surface area contributed by atoms with Crippen molar-refractivity contribution in [3.8, 4) is 11.5 Å². The molecule has 5 rings (SSSR count). The number of nitrogens with one attached hydrogen (secondary N) is 2. The molecule has 1 aliphatic rings. The van der Waals surface area contributed by atoms with Crippen molar-refractivity contribution < 1.29 is 41.8 Å². The van der Waals surface area contributed by atoms with Gasteiger partial charge in [0.1, 0.15) is 22.7 Å². The number of benzene rings is 2. The lowest BCUT2D eigenvalue weighted by Gasteiger charge is -2.35. The van der Waals surface area contributed by atoms with E-state index in [9.17, 15) is 14.4 Å². The van der Waals surface area contributed by atoms with E-state index in [0.717, 1.165) is 69.7 Å². The van der Waals surface area contributed by atoms with Crippen molar-refractivity contribution in [3.63, 3.8) is 0 Å². The molecule has 1 saturated heterocycles. The molecule has 0 unspecified atom stereocenters. The van der Waals surface area contributed by atoms with Crippen LogP contribution in [-0.4, -0.2) is 87.3 Å². The number of hydrogen-bond acceptors (Lipinski definition) is 11. The number of pyridine rings is 1. The summed E-state index contributed by atoms with van der Waals surface area (Å²) in [5.41, 5.74) is -0.208. The normalized spacial score (nSPS) is 13.4. The van der Waals surface area contributed by atoms with E-state index in [2.05, 4.69) is 38.9 Å². The Hall–Kier alpha value is -5.70. The van der Waals surface area contributed by atoms with Crippen LogP contribution in [0.4, 0.5) is 42.1 Å². The fourth-order valence-corrected chi connectivity index (χ4v) is 5.75. The van der Waals surface area contributed by atoms with Gasteiger partial charge < -0.3 is 39.1 Å². The SMILES string of the molecule is C=CC(=O)Nc1cc(N2CCN(CC)CC2)ccc1Nc1cc2c(N(C)C(=O)OC(C)(C)C)c(C(=O)c3c(F)c(OC)cc(OC)c3F)oc2cn1. The second kappa shape index (κ2) is 15.3. The van der Waals surface area contributed by atoms with Crippen LogP contribution in [0.5, 0.6) is 11.5 Å². The van der Waals surface area contributed by atoms with Crippen molar-refractivity contribution in [3.05, 3.63) is 72.1 Å². The number of fused-ring (bicyclic) bond motifs is 1. The lowest BCUT2D eigenvalue weighted by Crippen LogP contribution is -2.46. The number of nitrogens with zero attached hydrogens (tertiary/aromatic N) is 4. The zero-order valence-corrected chi connectivity index (χ0v) is 30.2. The Labute approximate surface area is 300 Å². The summed E-state index contributed by atoms with van der Waals surface area (Å²) < 4.78 is 52.6. The molecule has 276 valence electrons. The maximum Gasteiger partial charge on any atom is 0.414 e.